The minimum Gasteiger partial charge on any atom is -0.454 e. The summed E-state index contributed by atoms with van der Waals surface area (Å²) in [5.74, 6) is -0.943. The predicted octanol–water partition coefficient (Wildman–Crippen LogP) is 4.18. The molecule has 2 aromatic heterocycles. The summed E-state index contributed by atoms with van der Waals surface area (Å²) < 4.78 is 7.11. The predicted molar refractivity (Wildman–Crippen MR) is 99.1 cm³/mol. The first-order valence-corrected chi connectivity index (χ1v) is 8.42. The second-order valence-corrected chi connectivity index (χ2v) is 6.15. The van der Waals surface area contributed by atoms with Gasteiger partial charge in [-0.2, -0.15) is 0 Å². The van der Waals surface area contributed by atoms with Gasteiger partial charge in [-0.25, -0.2) is 9.78 Å². The highest BCUT2D eigenvalue weighted by molar-refractivity contribution is 6.32. The molecular weight excluding hydrogens is 352 g/mol. The molecule has 3 rings (SSSR count). The van der Waals surface area contributed by atoms with E-state index in [1.165, 1.54) is 12.3 Å². The third-order valence-electron chi connectivity index (χ3n) is 4.06. The first-order chi connectivity index (χ1) is 12.5. The number of ether oxygens (including phenoxy) is 1. The van der Waals surface area contributed by atoms with E-state index in [0.29, 0.717) is 5.56 Å². The highest BCUT2D eigenvalue weighted by Crippen LogP contribution is 2.21. The quantitative estimate of drug-likeness (QED) is 0.385. The van der Waals surface area contributed by atoms with E-state index in [-0.39, 0.29) is 23.1 Å². The summed E-state index contributed by atoms with van der Waals surface area (Å²) in [5, 5.41) is 0.0483. The van der Waals surface area contributed by atoms with Gasteiger partial charge in [0.25, 0.3) is 0 Å². The van der Waals surface area contributed by atoms with Crippen LogP contribution in [0.15, 0.2) is 54.7 Å². The molecule has 26 heavy (non-hydrogen) atoms. The fraction of sp³-hybridized carbons (Fsp3) is 0.150. The number of esters is 1. The topological polar surface area (TPSA) is 61.2 Å². The van der Waals surface area contributed by atoms with Crippen molar-refractivity contribution in [1.29, 1.82) is 0 Å². The minimum absolute atomic E-state index is 0.0483. The standard InChI is InChI=1S/C20H17ClN2O3/c1-13-11-17(14(2)23(13)15-7-4-3-5-8-15)18(24)12-26-20(25)16-9-6-10-22-19(16)21/h3-11H,12H2,1-2H3. The van der Waals surface area contributed by atoms with Crippen LogP contribution in [0.25, 0.3) is 5.69 Å². The number of rotatable bonds is 5. The van der Waals surface area contributed by atoms with Gasteiger partial charge in [-0.3, -0.25) is 4.79 Å². The van der Waals surface area contributed by atoms with E-state index in [4.69, 9.17) is 16.3 Å². The van der Waals surface area contributed by atoms with Gasteiger partial charge in [0.15, 0.2) is 6.61 Å². The zero-order valence-corrected chi connectivity index (χ0v) is 15.2. The average Bonchev–Trinajstić information content (AvgIpc) is 2.95. The second-order valence-electron chi connectivity index (χ2n) is 5.80. The lowest BCUT2D eigenvalue weighted by molar-refractivity contribution is 0.0474. The summed E-state index contributed by atoms with van der Waals surface area (Å²) in [4.78, 5) is 28.4. The lowest BCUT2D eigenvalue weighted by Crippen LogP contribution is -2.15. The Kier molecular flexibility index (Phi) is 5.19. The number of para-hydroxylation sites is 1. The Balaban J connectivity index is 1.77. The zero-order valence-electron chi connectivity index (χ0n) is 14.4. The molecule has 0 aliphatic rings. The summed E-state index contributed by atoms with van der Waals surface area (Å²) in [7, 11) is 0. The molecule has 0 radical (unpaired) electrons. The van der Waals surface area contributed by atoms with Gasteiger partial charge in [-0.05, 0) is 44.2 Å². The molecule has 0 N–H and O–H groups in total. The Morgan fingerprint density at radius 1 is 1.08 bits per heavy atom. The number of aryl methyl sites for hydroxylation is 1. The maximum absolute atomic E-state index is 12.5. The van der Waals surface area contributed by atoms with Crippen LogP contribution < -0.4 is 0 Å². The normalized spacial score (nSPS) is 10.6. The first kappa shape index (κ1) is 17.9. The van der Waals surface area contributed by atoms with E-state index >= 15 is 0 Å². The summed E-state index contributed by atoms with van der Waals surface area (Å²) in [6.45, 7) is 3.44. The van der Waals surface area contributed by atoms with Crippen LogP contribution in [0.2, 0.25) is 5.15 Å². The highest BCUT2D eigenvalue weighted by Gasteiger charge is 2.19. The fourth-order valence-electron chi connectivity index (χ4n) is 2.84. The molecule has 0 spiro atoms. The van der Waals surface area contributed by atoms with E-state index in [0.717, 1.165) is 17.1 Å². The van der Waals surface area contributed by atoms with E-state index in [2.05, 4.69) is 4.98 Å². The molecule has 0 fully saturated rings. The van der Waals surface area contributed by atoms with Gasteiger partial charge in [-0.1, -0.05) is 29.8 Å². The fourth-order valence-corrected chi connectivity index (χ4v) is 3.04. The van der Waals surface area contributed by atoms with Crippen LogP contribution in [0.3, 0.4) is 0 Å². The third kappa shape index (κ3) is 3.53. The van der Waals surface area contributed by atoms with Crippen molar-refractivity contribution in [3.63, 3.8) is 0 Å². The number of aromatic nitrogens is 2. The van der Waals surface area contributed by atoms with Gasteiger partial charge >= 0.3 is 5.97 Å². The van der Waals surface area contributed by atoms with Gasteiger partial charge in [0.05, 0.1) is 5.56 Å². The highest BCUT2D eigenvalue weighted by atomic mass is 35.5. The monoisotopic (exact) mass is 368 g/mol. The number of carbonyl (C=O) groups is 2. The molecule has 1 aromatic carbocycles. The molecule has 6 heteroatoms. The Hall–Kier alpha value is -2.92. The molecule has 0 aliphatic heterocycles. The summed E-state index contributed by atoms with van der Waals surface area (Å²) in [5.41, 5.74) is 3.36. The second kappa shape index (κ2) is 7.54. The van der Waals surface area contributed by atoms with Crippen LogP contribution in [-0.2, 0) is 4.74 Å². The molecule has 0 atom stereocenters. The van der Waals surface area contributed by atoms with Gasteiger partial charge in [-0.15, -0.1) is 0 Å². The molecule has 0 saturated heterocycles. The maximum Gasteiger partial charge on any atom is 0.341 e. The summed E-state index contributed by atoms with van der Waals surface area (Å²) in [6, 6.07) is 14.6. The lowest BCUT2D eigenvalue weighted by Gasteiger charge is -2.09. The number of hydrogen-bond donors (Lipinski definition) is 0. The van der Waals surface area contributed by atoms with Crippen molar-refractivity contribution in [1.82, 2.24) is 9.55 Å². The number of ketones is 1. The average molecular weight is 369 g/mol. The molecule has 5 nitrogen and oxygen atoms in total. The largest absolute Gasteiger partial charge is 0.454 e. The van der Waals surface area contributed by atoms with E-state index < -0.39 is 5.97 Å². The Bertz CT molecular complexity index is 964. The SMILES string of the molecule is Cc1cc(C(=O)COC(=O)c2cccnc2Cl)c(C)n1-c1ccccc1. The smallest absolute Gasteiger partial charge is 0.341 e. The van der Waals surface area contributed by atoms with Gasteiger partial charge in [0.2, 0.25) is 5.78 Å². The van der Waals surface area contributed by atoms with E-state index in [1.54, 1.807) is 12.1 Å². The zero-order chi connectivity index (χ0) is 18.7. The molecule has 2 heterocycles. The number of carbonyl (C=O) groups excluding carboxylic acids is 2. The van der Waals surface area contributed by atoms with E-state index in [9.17, 15) is 9.59 Å². The van der Waals surface area contributed by atoms with Crippen LogP contribution in [0, 0.1) is 13.8 Å². The van der Waals surface area contributed by atoms with Gasteiger partial charge in [0.1, 0.15) is 5.15 Å². The van der Waals surface area contributed by atoms with Crippen molar-refractivity contribution in [2.45, 2.75) is 13.8 Å². The van der Waals surface area contributed by atoms with Crippen LogP contribution in [-0.4, -0.2) is 27.9 Å². The Labute approximate surface area is 156 Å². The Morgan fingerprint density at radius 3 is 2.50 bits per heavy atom. The number of hydrogen-bond acceptors (Lipinski definition) is 4. The minimum atomic E-state index is -0.673. The van der Waals surface area contributed by atoms with Crippen molar-refractivity contribution in [2.75, 3.05) is 6.61 Å². The van der Waals surface area contributed by atoms with Gasteiger partial charge in [0, 0.05) is 28.8 Å². The van der Waals surface area contributed by atoms with Crippen molar-refractivity contribution < 1.29 is 14.3 Å². The van der Waals surface area contributed by atoms with Gasteiger partial charge < -0.3 is 9.30 Å². The molecule has 0 saturated carbocycles. The third-order valence-corrected chi connectivity index (χ3v) is 4.36. The first-order valence-electron chi connectivity index (χ1n) is 8.04. The van der Waals surface area contributed by atoms with Crippen molar-refractivity contribution >= 4 is 23.4 Å². The lowest BCUT2D eigenvalue weighted by atomic mass is 10.1. The van der Waals surface area contributed by atoms with Crippen molar-refractivity contribution in [3.05, 3.63) is 82.4 Å². The molecule has 0 bridgehead atoms. The van der Waals surface area contributed by atoms with Crippen LogP contribution in [0.4, 0.5) is 0 Å². The maximum atomic E-state index is 12.5. The number of halogens is 1. The molecule has 0 amide bonds. The van der Waals surface area contributed by atoms with Crippen molar-refractivity contribution in [2.24, 2.45) is 0 Å². The number of Topliss-reactive ketones (excluding diaryl/α,β-unsaturated/α-hetero) is 1. The molecular formula is C20H17ClN2O3. The van der Waals surface area contributed by atoms with Crippen LogP contribution in [0.1, 0.15) is 32.1 Å². The Morgan fingerprint density at radius 2 is 1.81 bits per heavy atom. The number of pyridine rings is 1. The molecule has 3 aromatic rings. The van der Waals surface area contributed by atoms with Crippen LogP contribution in [0.5, 0.6) is 0 Å². The van der Waals surface area contributed by atoms with Crippen molar-refractivity contribution in [3.8, 4) is 5.69 Å². The number of benzene rings is 1. The number of nitrogens with zero attached hydrogens (tertiary/aromatic N) is 2. The molecule has 0 unspecified atom stereocenters. The summed E-state index contributed by atoms with van der Waals surface area (Å²) in [6.07, 6.45) is 1.47. The molecule has 132 valence electrons. The van der Waals surface area contributed by atoms with E-state index in [1.807, 2.05) is 48.7 Å². The molecule has 0 aliphatic carbocycles. The summed E-state index contributed by atoms with van der Waals surface area (Å²) >= 11 is 5.87. The van der Waals surface area contributed by atoms with Crippen LogP contribution >= 0.6 is 11.6 Å².